The Kier molecular flexibility index (Phi) is 6.83. The van der Waals surface area contributed by atoms with Gasteiger partial charge in [-0.3, -0.25) is 34.7 Å². The van der Waals surface area contributed by atoms with Crippen molar-refractivity contribution in [3.05, 3.63) is 85.4 Å². The van der Waals surface area contributed by atoms with Crippen LogP contribution in [0.1, 0.15) is 33.2 Å². The number of nitrogens with zero attached hydrogens (tertiary/aromatic N) is 6. The van der Waals surface area contributed by atoms with Gasteiger partial charge in [0.15, 0.2) is 0 Å². The molecule has 0 aliphatic carbocycles. The maximum atomic E-state index is 12.6. The number of carbonyl (C=O) groups excluding carboxylic acids is 2. The van der Waals surface area contributed by atoms with Crippen molar-refractivity contribution in [1.29, 1.82) is 0 Å². The van der Waals surface area contributed by atoms with E-state index < -0.39 is 15.5 Å². The number of azo groups is 1. The number of aryl methyl sites for hydroxylation is 1. The van der Waals surface area contributed by atoms with Crippen LogP contribution in [-0.2, 0) is 0 Å². The normalized spacial score (nSPS) is 12.9. The zero-order valence-electron chi connectivity index (χ0n) is 19.3. The van der Waals surface area contributed by atoms with Gasteiger partial charge in [0, 0.05) is 25.3 Å². The lowest BCUT2D eigenvalue weighted by molar-refractivity contribution is -0.389. The fourth-order valence-electron chi connectivity index (χ4n) is 3.83. The molecule has 3 aromatic rings. The number of hydrogen-bond acceptors (Lipinski definition) is 10. The molecule has 13 heteroatoms. The van der Waals surface area contributed by atoms with Gasteiger partial charge in [-0.1, -0.05) is 12.1 Å². The van der Waals surface area contributed by atoms with E-state index in [-0.39, 0.29) is 28.4 Å². The second-order valence-corrected chi connectivity index (χ2v) is 8.86. The first kappa shape index (κ1) is 24.6. The topological polar surface area (TPSA) is 152 Å². The Morgan fingerprint density at radius 3 is 2.19 bits per heavy atom. The van der Waals surface area contributed by atoms with Crippen molar-refractivity contribution >= 4 is 50.2 Å². The Morgan fingerprint density at radius 2 is 1.64 bits per heavy atom. The predicted molar refractivity (Wildman–Crippen MR) is 133 cm³/mol. The molecule has 1 aliphatic heterocycles. The molecule has 2 aromatic carbocycles. The van der Waals surface area contributed by atoms with Crippen molar-refractivity contribution in [2.75, 3.05) is 24.5 Å². The second-order valence-electron chi connectivity index (χ2n) is 7.85. The number of imide groups is 1. The summed E-state index contributed by atoms with van der Waals surface area (Å²) in [6.45, 7) is 5.01. The van der Waals surface area contributed by atoms with Crippen LogP contribution < -0.4 is 4.90 Å². The van der Waals surface area contributed by atoms with Gasteiger partial charge < -0.3 is 4.90 Å². The molecule has 12 nitrogen and oxygen atoms in total. The summed E-state index contributed by atoms with van der Waals surface area (Å²) in [5, 5.41) is 29.5. The Bertz CT molecular complexity index is 1380. The van der Waals surface area contributed by atoms with E-state index in [9.17, 15) is 29.8 Å². The molecule has 0 N–H and O–H groups in total. The summed E-state index contributed by atoms with van der Waals surface area (Å²) in [5.74, 6) is -0.608. The van der Waals surface area contributed by atoms with Crippen molar-refractivity contribution in [2.45, 2.75) is 13.8 Å². The van der Waals surface area contributed by atoms with Crippen molar-refractivity contribution in [3.8, 4) is 0 Å². The molecular weight excluding hydrogens is 488 g/mol. The van der Waals surface area contributed by atoms with Gasteiger partial charge in [0.2, 0.25) is 5.00 Å². The number of thiophene rings is 1. The number of fused-ring (bicyclic) bond motifs is 1. The highest BCUT2D eigenvalue weighted by atomic mass is 32.1. The summed E-state index contributed by atoms with van der Waals surface area (Å²) in [6.07, 6.45) is 0. The third-order valence-corrected chi connectivity index (χ3v) is 6.66. The predicted octanol–water partition coefficient (Wildman–Crippen LogP) is 5.41. The number of amides is 2. The summed E-state index contributed by atoms with van der Waals surface area (Å²) >= 11 is 0.578. The van der Waals surface area contributed by atoms with Crippen LogP contribution in [-0.4, -0.2) is 46.2 Å². The van der Waals surface area contributed by atoms with Gasteiger partial charge in [0.05, 0.1) is 26.7 Å². The maximum Gasteiger partial charge on any atom is 0.333 e. The molecule has 0 spiro atoms. The molecule has 0 saturated heterocycles. The number of rotatable bonds is 9. The molecule has 0 radical (unpaired) electrons. The van der Waals surface area contributed by atoms with E-state index in [1.165, 1.54) is 4.90 Å². The molecule has 0 bridgehead atoms. The molecule has 1 aliphatic rings. The minimum atomic E-state index is -0.735. The molecule has 36 heavy (non-hydrogen) atoms. The highest BCUT2D eigenvalue weighted by molar-refractivity contribution is 7.19. The highest BCUT2D eigenvalue weighted by Crippen LogP contribution is 2.42. The first-order valence-electron chi connectivity index (χ1n) is 10.9. The van der Waals surface area contributed by atoms with Crippen molar-refractivity contribution < 1.29 is 19.4 Å². The molecule has 0 unspecified atom stereocenters. The van der Waals surface area contributed by atoms with E-state index >= 15 is 0 Å². The Labute approximate surface area is 208 Å². The van der Waals surface area contributed by atoms with E-state index in [0.717, 1.165) is 17.3 Å². The Hall–Kier alpha value is -4.52. The summed E-state index contributed by atoms with van der Waals surface area (Å²) in [4.78, 5) is 49.2. The van der Waals surface area contributed by atoms with Gasteiger partial charge in [-0.05, 0) is 61.1 Å². The lowest BCUT2D eigenvalue weighted by Gasteiger charge is -2.26. The highest BCUT2D eigenvalue weighted by Gasteiger charge is 2.35. The monoisotopic (exact) mass is 508 g/mol. The lowest BCUT2D eigenvalue weighted by Crippen LogP contribution is -2.38. The van der Waals surface area contributed by atoms with E-state index in [1.807, 2.05) is 17.9 Å². The number of nitro groups is 2. The Balaban J connectivity index is 1.48. The maximum absolute atomic E-state index is 12.6. The van der Waals surface area contributed by atoms with Gasteiger partial charge in [0.25, 0.3) is 11.8 Å². The lowest BCUT2D eigenvalue weighted by atomic mass is 10.1. The molecule has 1 aromatic heterocycles. The molecule has 0 fully saturated rings. The van der Waals surface area contributed by atoms with E-state index in [2.05, 4.69) is 10.2 Å². The minimum Gasteiger partial charge on any atom is -0.370 e. The SMILES string of the molecule is CCN(CCN1C(=O)c2ccccc2C1=O)c1ccc(/N=N/c2sc([N+](=O)[O-])cc2[N+](=O)[O-])c(C)c1. The standard InChI is InChI=1S/C23H20N6O6S/c1-3-26(10-11-27-22(30)16-6-4-5-7-17(16)23(27)31)15-8-9-18(14(2)12-15)24-25-21-19(28(32)33)13-20(36-21)29(34)35/h4-9,12-13H,3,10-11H2,1-2H3/b25-24+. The number of likely N-dealkylation sites (N-methyl/N-ethyl adjacent to an activating group) is 1. The van der Waals surface area contributed by atoms with Gasteiger partial charge in [-0.25, -0.2) is 0 Å². The van der Waals surface area contributed by atoms with Crippen LogP contribution in [0, 0.1) is 27.2 Å². The smallest absolute Gasteiger partial charge is 0.333 e. The first-order chi connectivity index (χ1) is 17.2. The van der Waals surface area contributed by atoms with E-state index in [0.29, 0.717) is 41.2 Å². The number of anilines is 1. The van der Waals surface area contributed by atoms with Gasteiger partial charge in [-0.15, -0.1) is 10.2 Å². The van der Waals surface area contributed by atoms with Crippen LogP contribution in [0.4, 0.5) is 27.1 Å². The second kappa shape index (κ2) is 10.00. The quantitative estimate of drug-likeness (QED) is 0.162. The van der Waals surface area contributed by atoms with Crippen molar-refractivity contribution in [1.82, 2.24) is 4.90 Å². The molecule has 0 saturated carbocycles. The molecule has 4 rings (SSSR count). The molecule has 2 amide bonds. The third-order valence-electron chi connectivity index (χ3n) is 5.70. The third kappa shape index (κ3) is 4.68. The molecular formula is C23H20N6O6S. The van der Waals surface area contributed by atoms with Crippen LogP contribution >= 0.6 is 11.3 Å². The number of carbonyl (C=O) groups is 2. The van der Waals surface area contributed by atoms with Crippen LogP contribution in [0.3, 0.4) is 0 Å². The summed E-state index contributed by atoms with van der Waals surface area (Å²) in [5.41, 5.74) is 2.35. The molecule has 2 heterocycles. The van der Waals surface area contributed by atoms with E-state index in [1.54, 1.807) is 43.3 Å². The van der Waals surface area contributed by atoms with Crippen LogP contribution in [0.25, 0.3) is 0 Å². The number of benzene rings is 2. The van der Waals surface area contributed by atoms with Crippen LogP contribution in [0.5, 0.6) is 0 Å². The fraction of sp³-hybridized carbons (Fsp3) is 0.217. The van der Waals surface area contributed by atoms with Crippen LogP contribution in [0.2, 0.25) is 0 Å². The molecule has 0 atom stereocenters. The largest absolute Gasteiger partial charge is 0.370 e. The number of hydrogen-bond donors (Lipinski definition) is 0. The first-order valence-corrected chi connectivity index (χ1v) is 11.7. The summed E-state index contributed by atoms with van der Waals surface area (Å²) in [6, 6.07) is 12.9. The zero-order valence-corrected chi connectivity index (χ0v) is 20.1. The van der Waals surface area contributed by atoms with Crippen LogP contribution in [0.15, 0.2) is 58.8 Å². The van der Waals surface area contributed by atoms with Crippen molar-refractivity contribution in [2.24, 2.45) is 10.2 Å². The zero-order chi connectivity index (χ0) is 26.0. The van der Waals surface area contributed by atoms with Gasteiger partial charge in [0.1, 0.15) is 6.07 Å². The molecule has 184 valence electrons. The minimum absolute atomic E-state index is 0.161. The Morgan fingerprint density at radius 1 is 0.972 bits per heavy atom. The fourth-order valence-corrected chi connectivity index (χ4v) is 4.60. The van der Waals surface area contributed by atoms with Gasteiger partial charge in [-0.2, -0.15) is 0 Å². The summed E-state index contributed by atoms with van der Waals surface area (Å²) in [7, 11) is 0. The van der Waals surface area contributed by atoms with E-state index in [4.69, 9.17) is 0 Å². The summed E-state index contributed by atoms with van der Waals surface area (Å²) < 4.78 is 0. The average molecular weight is 509 g/mol. The van der Waals surface area contributed by atoms with Crippen molar-refractivity contribution in [3.63, 3.8) is 0 Å². The average Bonchev–Trinajstić information content (AvgIpc) is 3.39. The van der Waals surface area contributed by atoms with Gasteiger partial charge >= 0.3 is 10.7 Å².